The third kappa shape index (κ3) is 5.68. The summed E-state index contributed by atoms with van der Waals surface area (Å²) in [6, 6.07) is 13.0. The molecule has 0 unspecified atom stereocenters. The molecular formula is C25H25ClFN5O. The fourth-order valence-corrected chi connectivity index (χ4v) is 3.73. The summed E-state index contributed by atoms with van der Waals surface area (Å²) in [7, 11) is 0. The number of amides is 1. The number of nitrogens with zero attached hydrogens (tertiary/aromatic N) is 2. The topological polar surface area (TPSA) is 78.4 Å². The monoisotopic (exact) mass is 465 g/mol. The van der Waals surface area contributed by atoms with Crippen molar-refractivity contribution < 1.29 is 9.18 Å². The third-order valence-corrected chi connectivity index (χ3v) is 5.84. The quantitative estimate of drug-likeness (QED) is 0.478. The van der Waals surface area contributed by atoms with Crippen molar-refractivity contribution in [1.29, 1.82) is 0 Å². The highest BCUT2D eigenvalue weighted by molar-refractivity contribution is 6.31. The summed E-state index contributed by atoms with van der Waals surface area (Å²) in [5.41, 5.74) is 5.32. The molecule has 0 aliphatic carbocycles. The molecule has 0 fully saturated rings. The van der Waals surface area contributed by atoms with Gasteiger partial charge in [-0.25, -0.2) is 4.98 Å². The van der Waals surface area contributed by atoms with Gasteiger partial charge >= 0.3 is 0 Å². The van der Waals surface area contributed by atoms with Gasteiger partial charge < -0.3 is 16.0 Å². The maximum atomic E-state index is 13.7. The van der Waals surface area contributed by atoms with E-state index in [9.17, 15) is 9.18 Å². The number of aliphatic imine (C=N–C) groups is 1. The molecular weight excluding hydrogens is 441 g/mol. The zero-order valence-corrected chi connectivity index (χ0v) is 19.3. The van der Waals surface area contributed by atoms with Crippen LogP contribution in [0.2, 0.25) is 5.02 Å². The van der Waals surface area contributed by atoms with Crippen molar-refractivity contribution in [1.82, 2.24) is 20.9 Å². The molecule has 3 aromatic rings. The van der Waals surface area contributed by atoms with Crippen molar-refractivity contribution in [2.24, 2.45) is 4.99 Å². The van der Waals surface area contributed by atoms with E-state index in [1.165, 1.54) is 6.20 Å². The Morgan fingerprint density at radius 1 is 1.06 bits per heavy atom. The molecule has 1 aliphatic heterocycles. The van der Waals surface area contributed by atoms with Gasteiger partial charge in [0.25, 0.3) is 5.91 Å². The van der Waals surface area contributed by atoms with E-state index < -0.39 is 5.95 Å². The van der Waals surface area contributed by atoms with Gasteiger partial charge in [0.15, 0.2) is 5.96 Å². The van der Waals surface area contributed by atoms with Crippen molar-refractivity contribution in [2.75, 3.05) is 13.1 Å². The Morgan fingerprint density at radius 2 is 1.91 bits per heavy atom. The lowest BCUT2D eigenvalue weighted by molar-refractivity contribution is 0.0951. The van der Waals surface area contributed by atoms with Crippen LogP contribution in [0.3, 0.4) is 0 Å². The molecule has 0 saturated carbocycles. The van der Waals surface area contributed by atoms with E-state index >= 15 is 0 Å². The molecule has 2 heterocycles. The second-order valence-electron chi connectivity index (χ2n) is 8.03. The molecule has 1 amide bonds. The lowest BCUT2D eigenvalue weighted by Gasteiger charge is -2.13. The number of pyridine rings is 1. The average Bonchev–Trinajstić information content (AvgIpc) is 3.33. The van der Waals surface area contributed by atoms with Crippen LogP contribution in [0.4, 0.5) is 4.39 Å². The number of hydrogen-bond donors (Lipinski definition) is 3. The Hall–Kier alpha value is -3.45. The summed E-state index contributed by atoms with van der Waals surface area (Å²) >= 11 is 6.10. The van der Waals surface area contributed by atoms with Crippen molar-refractivity contribution in [2.45, 2.75) is 26.9 Å². The number of aryl methyl sites for hydroxylation is 2. The predicted molar refractivity (Wildman–Crippen MR) is 129 cm³/mol. The van der Waals surface area contributed by atoms with Crippen molar-refractivity contribution in [3.63, 3.8) is 0 Å². The van der Waals surface area contributed by atoms with Crippen LogP contribution < -0.4 is 16.0 Å². The minimum absolute atomic E-state index is 0.200. The summed E-state index contributed by atoms with van der Waals surface area (Å²) in [6.45, 7) is 6.01. The van der Waals surface area contributed by atoms with Crippen molar-refractivity contribution >= 4 is 23.5 Å². The number of guanidine groups is 1. The van der Waals surface area contributed by atoms with E-state index in [-0.39, 0.29) is 5.91 Å². The molecule has 8 heteroatoms. The number of rotatable bonds is 6. The molecule has 3 N–H and O–H groups in total. The first kappa shape index (κ1) is 22.7. The number of aromatic nitrogens is 1. The summed E-state index contributed by atoms with van der Waals surface area (Å²) in [6.07, 6.45) is 1.48. The molecule has 4 rings (SSSR count). The highest BCUT2D eigenvalue weighted by Crippen LogP contribution is 2.24. The number of nitrogens with one attached hydrogen (secondary N) is 3. The Bertz CT molecular complexity index is 1230. The van der Waals surface area contributed by atoms with Crippen LogP contribution in [-0.2, 0) is 13.1 Å². The maximum Gasteiger partial charge on any atom is 0.251 e. The van der Waals surface area contributed by atoms with Crippen LogP contribution >= 0.6 is 11.6 Å². The van der Waals surface area contributed by atoms with Gasteiger partial charge in [0.1, 0.15) is 0 Å². The van der Waals surface area contributed by atoms with Gasteiger partial charge in [-0.05, 0) is 66.4 Å². The van der Waals surface area contributed by atoms with Crippen LogP contribution in [0.15, 0.2) is 53.7 Å². The van der Waals surface area contributed by atoms with E-state index in [0.29, 0.717) is 29.2 Å². The summed E-state index contributed by atoms with van der Waals surface area (Å²) in [5.74, 6) is 0.0377. The first-order chi connectivity index (χ1) is 15.9. The number of halogens is 2. The lowest BCUT2D eigenvalue weighted by atomic mass is 9.99. The first-order valence-corrected chi connectivity index (χ1v) is 11.1. The van der Waals surface area contributed by atoms with Crippen LogP contribution in [0.1, 0.15) is 32.6 Å². The number of carbonyl (C=O) groups is 1. The van der Waals surface area contributed by atoms with E-state index in [1.807, 2.05) is 37.3 Å². The molecule has 170 valence electrons. The predicted octanol–water partition coefficient (Wildman–Crippen LogP) is 4.14. The highest BCUT2D eigenvalue weighted by Gasteiger charge is 2.13. The molecule has 0 bridgehead atoms. The van der Waals surface area contributed by atoms with Crippen molar-refractivity contribution in [3.05, 3.63) is 87.4 Å². The van der Waals surface area contributed by atoms with Crippen molar-refractivity contribution in [3.8, 4) is 11.1 Å². The third-order valence-electron chi connectivity index (χ3n) is 5.41. The Morgan fingerprint density at radius 3 is 2.64 bits per heavy atom. The molecule has 0 saturated heterocycles. The number of hydrogen-bond acceptors (Lipinski definition) is 5. The van der Waals surface area contributed by atoms with E-state index in [2.05, 4.69) is 25.9 Å². The van der Waals surface area contributed by atoms with Gasteiger partial charge in [0, 0.05) is 47.5 Å². The Kier molecular flexibility index (Phi) is 6.89. The smallest absolute Gasteiger partial charge is 0.251 e. The van der Waals surface area contributed by atoms with Gasteiger partial charge in [-0.2, -0.15) is 4.39 Å². The number of carbonyl (C=O) groups excluding carboxylic acids is 1. The molecule has 6 nitrogen and oxygen atoms in total. The molecule has 33 heavy (non-hydrogen) atoms. The lowest BCUT2D eigenvalue weighted by Crippen LogP contribution is -2.33. The highest BCUT2D eigenvalue weighted by atomic mass is 35.5. The van der Waals surface area contributed by atoms with E-state index in [1.54, 1.807) is 19.1 Å². The van der Waals surface area contributed by atoms with Crippen LogP contribution in [0.5, 0.6) is 0 Å². The fourth-order valence-electron chi connectivity index (χ4n) is 3.61. The minimum Gasteiger partial charge on any atom is -0.355 e. The van der Waals surface area contributed by atoms with Crippen LogP contribution in [0, 0.1) is 19.8 Å². The van der Waals surface area contributed by atoms with Gasteiger partial charge in [-0.15, -0.1) is 0 Å². The maximum absolute atomic E-state index is 13.7. The Balaban J connectivity index is 1.58. The van der Waals surface area contributed by atoms with E-state index in [0.717, 1.165) is 46.9 Å². The summed E-state index contributed by atoms with van der Waals surface area (Å²) in [5, 5.41) is 10.1. The van der Waals surface area contributed by atoms with Gasteiger partial charge in [0.05, 0.1) is 6.54 Å². The van der Waals surface area contributed by atoms with Gasteiger partial charge in [0.2, 0.25) is 5.95 Å². The van der Waals surface area contributed by atoms with Crippen LogP contribution in [-0.4, -0.2) is 29.9 Å². The molecule has 1 aromatic heterocycles. The minimum atomic E-state index is -0.502. The normalized spacial score (nSPS) is 12.8. The average molecular weight is 466 g/mol. The van der Waals surface area contributed by atoms with Crippen LogP contribution in [0.25, 0.3) is 11.1 Å². The van der Waals surface area contributed by atoms with Gasteiger partial charge in [-0.1, -0.05) is 23.7 Å². The molecule has 1 aliphatic rings. The molecule has 0 spiro atoms. The van der Waals surface area contributed by atoms with E-state index in [4.69, 9.17) is 11.6 Å². The molecule has 0 radical (unpaired) electrons. The second-order valence-corrected chi connectivity index (χ2v) is 8.43. The standard InChI is InChI=1S/C25H25ClFN5O/c1-15-7-17(3-4-22(15)26)12-31-24(33)20-10-18(13-32-25-28-5-6-29-25)9-19(11-20)21-8-16(2)23(27)30-14-21/h3-4,7-11,14H,5-6,12-13H2,1-2H3,(H,31,33)(H2,28,29,32). The Labute approximate surface area is 197 Å². The molecule has 0 atom stereocenters. The van der Waals surface area contributed by atoms with Gasteiger partial charge in [-0.3, -0.25) is 9.79 Å². The first-order valence-electron chi connectivity index (χ1n) is 10.7. The second kappa shape index (κ2) is 10.0. The fraction of sp³-hybridized carbons (Fsp3) is 0.240. The zero-order chi connectivity index (χ0) is 23.4. The SMILES string of the molecule is Cc1cc(CNC(=O)c2cc(CNC3=NCCN3)cc(-c3cnc(F)c(C)c3)c2)ccc1Cl. The summed E-state index contributed by atoms with van der Waals surface area (Å²) < 4.78 is 13.7. The summed E-state index contributed by atoms with van der Waals surface area (Å²) in [4.78, 5) is 21.2. The number of benzene rings is 2. The molecule has 2 aromatic carbocycles. The zero-order valence-electron chi connectivity index (χ0n) is 18.5. The largest absolute Gasteiger partial charge is 0.355 e.